The van der Waals surface area contributed by atoms with E-state index < -0.39 is 0 Å². The summed E-state index contributed by atoms with van der Waals surface area (Å²) in [6, 6.07) is 12.7. The lowest BCUT2D eigenvalue weighted by atomic mass is 10.1. The van der Waals surface area contributed by atoms with Gasteiger partial charge in [0.2, 0.25) is 0 Å². The van der Waals surface area contributed by atoms with Gasteiger partial charge >= 0.3 is 0 Å². The second-order valence-electron chi connectivity index (χ2n) is 6.03. The van der Waals surface area contributed by atoms with Crippen LogP contribution in [0.3, 0.4) is 0 Å². The largest absolute Gasteiger partial charge is 0.357 e. The normalized spacial score (nSPS) is 11.9. The molecule has 0 unspecified atom stereocenters. The Morgan fingerprint density at radius 2 is 0.864 bits per heavy atom. The number of aryl methyl sites for hydroxylation is 4. The number of rotatable bonds is 4. The Hall–Kier alpha value is -2.22. The molecule has 2 aromatic carbocycles. The van der Waals surface area contributed by atoms with E-state index in [1.54, 1.807) is 0 Å². The summed E-state index contributed by atoms with van der Waals surface area (Å²) >= 11 is 0. The highest BCUT2D eigenvalue weighted by atomic mass is 15.0. The number of allylic oxidation sites excluding steroid dienone is 2. The van der Waals surface area contributed by atoms with Gasteiger partial charge in [-0.2, -0.15) is 0 Å². The molecule has 0 radical (unpaired) electrons. The van der Waals surface area contributed by atoms with E-state index in [2.05, 4.69) is 88.6 Å². The van der Waals surface area contributed by atoms with E-state index in [4.69, 9.17) is 0 Å². The van der Waals surface area contributed by atoms with Crippen LogP contribution in [-0.4, -0.2) is 0 Å². The van der Waals surface area contributed by atoms with Gasteiger partial charge < -0.3 is 10.6 Å². The fraction of sp³-hybridized carbons (Fsp3) is 0.300. The molecular formula is C20H26N2. The zero-order valence-electron chi connectivity index (χ0n) is 14.5. The molecule has 0 spiro atoms. The molecule has 0 heterocycles. The summed E-state index contributed by atoms with van der Waals surface area (Å²) in [5.41, 5.74) is 9.72. The summed E-state index contributed by atoms with van der Waals surface area (Å²) in [6.07, 6.45) is 0. The molecule has 116 valence electrons. The van der Waals surface area contributed by atoms with Crippen molar-refractivity contribution in [3.8, 4) is 0 Å². The fourth-order valence-electron chi connectivity index (χ4n) is 2.59. The molecule has 22 heavy (non-hydrogen) atoms. The van der Waals surface area contributed by atoms with E-state index in [-0.39, 0.29) is 0 Å². The highest BCUT2D eigenvalue weighted by molar-refractivity contribution is 5.63. The molecule has 0 aliphatic carbocycles. The highest BCUT2D eigenvalue weighted by Gasteiger charge is 2.06. The average molecular weight is 294 g/mol. The number of nitrogens with one attached hydrogen (secondary N) is 2. The van der Waals surface area contributed by atoms with Gasteiger partial charge in [0.25, 0.3) is 0 Å². The molecule has 0 saturated heterocycles. The summed E-state index contributed by atoms with van der Waals surface area (Å²) in [4.78, 5) is 0. The minimum absolute atomic E-state index is 1.14. The first-order valence-electron chi connectivity index (χ1n) is 7.74. The summed E-state index contributed by atoms with van der Waals surface area (Å²) in [5, 5.41) is 7.11. The van der Waals surface area contributed by atoms with E-state index in [9.17, 15) is 0 Å². The second kappa shape index (κ2) is 6.69. The van der Waals surface area contributed by atoms with Crippen molar-refractivity contribution >= 4 is 11.4 Å². The van der Waals surface area contributed by atoms with Crippen molar-refractivity contribution in [1.82, 2.24) is 0 Å². The molecule has 2 N–H and O–H groups in total. The maximum atomic E-state index is 3.55. The zero-order chi connectivity index (χ0) is 16.3. The lowest BCUT2D eigenvalue weighted by molar-refractivity contribution is 1.20. The fourth-order valence-corrected chi connectivity index (χ4v) is 2.59. The van der Waals surface area contributed by atoms with Gasteiger partial charge in [-0.15, -0.1) is 0 Å². The van der Waals surface area contributed by atoms with Gasteiger partial charge in [-0.05, 0) is 63.8 Å². The second-order valence-corrected chi connectivity index (χ2v) is 6.03. The number of anilines is 2. The van der Waals surface area contributed by atoms with E-state index in [0.29, 0.717) is 0 Å². The van der Waals surface area contributed by atoms with Gasteiger partial charge in [-0.3, -0.25) is 0 Å². The monoisotopic (exact) mass is 294 g/mol. The first-order valence-corrected chi connectivity index (χ1v) is 7.74. The van der Waals surface area contributed by atoms with Crippen LogP contribution < -0.4 is 10.6 Å². The van der Waals surface area contributed by atoms with Crippen LogP contribution in [0.5, 0.6) is 0 Å². The van der Waals surface area contributed by atoms with Crippen LogP contribution >= 0.6 is 0 Å². The molecule has 0 aromatic heterocycles. The van der Waals surface area contributed by atoms with Crippen molar-refractivity contribution < 1.29 is 0 Å². The van der Waals surface area contributed by atoms with Crippen LogP contribution in [-0.2, 0) is 0 Å². The minimum Gasteiger partial charge on any atom is -0.357 e. The number of hydrogen-bond donors (Lipinski definition) is 2. The molecular weight excluding hydrogens is 268 g/mol. The molecule has 2 heteroatoms. The molecule has 2 aromatic rings. The lowest BCUT2D eigenvalue weighted by Crippen LogP contribution is -2.08. The van der Waals surface area contributed by atoms with Crippen LogP contribution in [0.4, 0.5) is 11.4 Å². The van der Waals surface area contributed by atoms with Crippen molar-refractivity contribution in [3.05, 3.63) is 70.0 Å². The van der Waals surface area contributed by atoms with Crippen molar-refractivity contribution in [3.63, 3.8) is 0 Å². The minimum atomic E-state index is 1.14. The summed E-state index contributed by atoms with van der Waals surface area (Å²) in [5.74, 6) is 0. The van der Waals surface area contributed by atoms with E-state index in [1.807, 2.05) is 0 Å². The van der Waals surface area contributed by atoms with E-state index in [0.717, 1.165) is 11.4 Å². The van der Waals surface area contributed by atoms with Gasteiger partial charge in [0.05, 0.1) is 0 Å². The van der Waals surface area contributed by atoms with Crippen molar-refractivity contribution in [2.75, 3.05) is 10.6 Å². The van der Waals surface area contributed by atoms with Gasteiger partial charge in [-0.1, -0.05) is 36.4 Å². The third-order valence-electron chi connectivity index (χ3n) is 4.15. The average Bonchev–Trinajstić information content (AvgIpc) is 2.46. The predicted octanol–water partition coefficient (Wildman–Crippen LogP) is 5.70. The van der Waals surface area contributed by atoms with Crippen LogP contribution in [0.2, 0.25) is 0 Å². The Morgan fingerprint density at radius 3 is 1.14 bits per heavy atom. The quantitative estimate of drug-likeness (QED) is 0.756. The molecule has 0 saturated carbocycles. The van der Waals surface area contributed by atoms with Crippen molar-refractivity contribution in [2.45, 2.75) is 41.5 Å². The van der Waals surface area contributed by atoms with Gasteiger partial charge in [0.15, 0.2) is 0 Å². The Morgan fingerprint density at radius 1 is 0.591 bits per heavy atom. The maximum absolute atomic E-state index is 3.55. The van der Waals surface area contributed by atoms with Crippen LogP contribution in [0.25, 0.3) is 0 Å². The molecule has 0 aliphatic heterocycles. The smallest absolute Gasteiger partial charge is 0.0441 e. The lowest BCUT2D eigenvalue weighted by Gasteiger charge is -2.18. The van der Waals surface area contributed by atoms with Gasteiger partial charge in [0.1, 0.15) is 0 Å². The molecule has 0 atom stereocenters. The Bertz CT molecular complexity index is 610. The SMILES string of the molecule is CC(Nc1c(C)cccc1C)=C(C)Nc1c(C)cccc1C. The van der Waals surface area contributed by atoms with Crippen LogP contribution in [0.15, 0.2) is 47.8 Å². The van der Waals surface area contributed by atoms with E-state index in [1.165, 1.54) is 33.6 Å². The Balaban J connectivity index is 2.26. The predicted molar refractivity (Wildman–Crippen MR) is 97.5 cm³/mol. The summed E-state index contributed by atoms with van der Waals surface area (Å²) < 4.78 is 0. The standard InChI is InChI=1S/C20H26N2/c1-13-9-7-10-14(2)19(13)21-17(5)18(6)22-20-15(3)11-8-12-16(20)4/h7-12,21-22H,1-6H3. The number of benzene rings is 2. The highest BCUT2D eigenvalue weighted by Crippen LogP contribution is 2.24. The number of para-hydroxylation sites is 2. The molecule has 0 fully saturated rings. The van der Waals surface area contributed by atoms with E-state index >= 15 is 0 Å². The van der Waals surface area contributed by atoms with Crippen LogP contribution in [0, 0.1) is 27.7 Å². The molecule has 2 rings (SSSR count). The molecule has 0 amide bonds. The third-order valence-corrected chi connectivity index (χ3v) is 4.15. The Labute approximate surface area is 134 Å². The topological polar surface area (TPSA) is 24.1 Å². The van der Waals surface area contributed by atoms with Crippen molar-refractivity contribution in [2.24, 2.45) is 0 Å². The first kappa shape index (κ1) is 16.2. The third kappa shape index (κ3) is 3.51. The summed E-state index contributed by atoms with van der Waals surface area (Å²) in [7, 11) is 0. The van der Waals surface area contributed by atoms with Crippen LogP contribution in [0.1, 0.15) is 36.1 Å². The van der Waals surface area contributed by atoms with Gasteiger partial charge in [-0.25, -0.2) is 0 Å². The number of hydrogen-bond acceptors (Lipinski definition) is 2. The Kier molecular flexibility index (Phi) is 4.92. The van der Waals surface area contributed by atoms with Crippen molar-refractivity contribution in [1.29, 1.82) is 0 Å². The molecule has 0 aliphatic rings. The maximum Gasteiger partial charge on any atom is 0.0441 e. The summed E-state index contributed by atoms with van der Waals surface area (Å²) in [6.45, 7) is 12.8. The first-order chi connectivity index (χ1) is 10.4. The van der Waals surface area contributed by atoms with Gasteiger partial charge in [0, 0.05) is 22.8 Å². The zero-order valence-corrected chi connectivity index (χ0v) is 14.5. The molecule has 0 bridgehead atoms. The molecule has 2 nitrogen and oxygen atoms in total.